The van der Waals surface area contributed by atoms with Crippen molar-refractivity contribution in [1.82, 2.24) is 0 Å². The smallest absolute Gasteiger partial charge is 0.145 e. The van der Waals surface area contributed by atoms with Gasteiger partial charge in [-0.2, -0.15) is 5.26 Å². The highest BCUT2D eigenvalue weighted by Crippen LogP contribution is 2.27. The van der Waals surface area contributed by atoms with Crippen molar-refractivity contribution >= 4 is 0 Å². The molecule has 2 aromatic rings. The molecule has 0 bridgehead atoms. The molecule has 0 N–H and O–H groups in total. The van der Waals surface area contributed by atoms with E-state index in [1.807, 2.05) is 56.3 Å². The molecule has 0 saturated carbocycles. The van der Waals surface area contributed by atoms with Gasteiger partial charge in [-0.05, 0) is 55.8 Å². The minimum Gasteiger partial charge on any atom is -0.494 e. The maximum absolute atomic E-state index is 9.08. The van der Waals surface area contributed by atoms with Gasteiger partial charge in [0.1, 0.15) is 23.3 Å². The lowest BCUT2D eigenvalue weighted by molar-refractivity contribution is 0.339. The number of ether oxygens (including phenoxy) is 2. The second-order valence-corrected chi connectivity index (χ2v) is 4.12. The summed E-state index contributed by atoms with van der Waals surface area (Å²) in [6.07, 6.45) is 0. The Kier molecular flexibility index (Phi) is 4.04. The lowest BCUT2D eigenvalue weighted by Crippen LogP contribution is -1.92. The van der Waals surface area contributed by atoms with E-state index in [0.717, 1.165) is 11.3 Å². The van der Waals surface area contributed by atoms with E-state index in [2.05, 4.69) is 6.07 Å². The van der Waals surface area contributed by atoms with Crippen molar-refractivity contribution in [2.24, 2.45) is 0 Å². The third-order valence-electron chi connectivity index (χ3n) is 2.62. The second-order valence-electron chi connectivity index (χ2n) is 4.12. The van der Waals surface area contributed by atoms with Gasteiger partial charge in [0.25, 0.3) is 0 Å². The molecule has 0 fully saturated rings. The standard InChI is InChI=1S/C16H15NO2/c1-3-18-14-5-7-15(8-6-14)19-16-9-4-12(2)10-13(16)11-17/h4-10H,3H2,1-2H3. The highest BCUT2D eigenvalue weighted by atomic mass is 16.5. The van der Waals surface area contributed by atoms with Gasteiger partial charge in [-0.1, -0.05) is 6.07 Å². The molecule has 19 heavy (non-hydrogen) atoms. The fourth-order valence-corrected chi connectivity index (χ4v) is 1.72. The van der Waals surface area contributed by atoms with Gasteiger partial charge in [-0.15, -0.1) is 0 Å². The monoisotopic (exact) mass is 253 g/mol. The zero-order chi connectivity index (χ0) is 13.7. The highest BCUT2D eigenvalue weighted by Gasteiger charge is 2.05. The molecule has 0 unspecified atom stereocenters. The molecule has 0 heterocycles. The molecule has 0 saturated heterocycles. The SMILES string of the molecule is CCOc1ccc(Oc2ccc(C)cc2C#N)cc1. The quantitative estimate of drug-likeness (QED) is 0.825. The van der Waals surface area contributed by atoms with Crippen LogP contribution in [0.2, 0.25) is 0 Å². The van der Waals surface area contributed by atoms with Crippen LogP contribution in [0.25, 0.3) is 0 Å². The zero-order valence-corrected chi connectivity index (χ0v) is 11.0. The van der Waals surface area contributed by atoms with Crippen LogP contribution in [-0.2, 0) is 0 Å². The predicted octanol–water partition coefficient (Wildman–Crippen LogP) is 4.06. The minimum absolute atomic E-state index is 0.536. The summed E-state index contributed by atoms with van der Waals surface area (Å²) in [5, 5.41) is 9.08. The van der Waals surface area contributed by atoms with Crippen LogP contribution < -0.4 is 9.47 Å². The van der Waals surface area contributed by atoms with E-state index in [4.69, 9.17) is 14.7 Å². The van der Waals surface area contributed by atoms with Crippen LogP contribution in [0.5, 0.6) is 17.2 Å². The van der Waals surface area contributed by atoms with E-state index in [1.54, 1.807) is 0 Å². The van der Waals surface area contributed by atoms with Gasteiger partial charge in [-0.3, -0.25) is 0 Å². The number of nitriles is 1. The van der Waals surface area contributed by atoms with Crippen molar-refractivity contribution in [2.45, 2.75) is 13.8 Å². The molecular weight excluding hydrogens is 238 g/mol. The van der Waals surface area contributed by atoms with Crippen molar-refractivity contribution in [3.8, 4) is 23.3 Å². The number of hydrogen-bond acceptors (Lipinski definition) is 3. The van der Waals surface area contributed by atoms with E-state index in [9.17, 15) is 0 Å². The molecule has 3 nitrogen and oxygen atoms in total. The first-order chi connectivity index (χ1) is 9.22. The second kappa shape index (κ2) is 5.92. The summed E-state index contributed by atoms with van der Waals surface area (Å²) in [4.78, 5) is 0. The van der Waals surface area contributed by atoms with Crippen LogP contribution in [0.1, 0.15) is 18.1 Å². The molecule has 96 valence electrons. The third kappa shape index (κ3) is 3.26. The lowest BCUT2D eigenvalue weighted by atomic mass is 10.1. The first-order valence-corrected chi connectivity index (χ1v) is 6.14. The molecular formula is C16H15NO2. The first kappa shape index (κ1) is 13.0. The molecule has 0 aromatic heterocycles. The molecule has 0 amide bonds. The average Bonchev–Trinajstić information content (AvgIpc) is 2.43. The van der Waals surface area contributed by atoms with Crippen molar-refractivity contribution < 1.29 is 9.47 Å². The number of benzene rings is 2. The summed E-state index contributed by atoms with van der Waals surface area (Å²) in [7, 11) is 0. The normalized spacial score (nSPS) is 9.74. The molecule has 0 atom stereocenters. The topological polar surface area (TPSA) is 42.2 Å². The van der Waals surface area contributed by atoms with Crippen LogP contribution in [-0.4, -0.2) is 6.61 Å². The Labute approximate surface area is 113 Å². The summed E-state index contributed by atoms with van der Waals surface area (Å²) >= 11 is 0. The Morgan fingerprint density at radius 2 is 1.74 bits per heavy atom. The van der Waals surface area contributed by atoms with Crippen LogP contribution >= 0.6 is 0 Å². The molecule has 2 aromatic carbocycles. The number of aryl methyl sites for hydroxylation is 1. The third-order valence-corrected chi connectivity index (χ3v) is 2.62. The summed E-state index contributed by atoms with van der Waals surface area (Å²) in [6.45, 7) is 4.52. The first-order valence-electron chi connectivity index (χ1n) is 6.14. The highest BCUT2D eigenvalue weighted by molar-refractivity contribution is 5.47. The molecule has 0 aliphatic heterocycles. The van der Waals surface area contributed by atoms with Gasteiger partial charge >= 0.3 is 0 Å². The number of nitrogens with zero attached hydrogens (tertiary/aromatic N) is 1. The van der Waals surface area contributed by atoms with E-state index in [0.29, 0.717) is 23.7 Å². The zero-order valence-electron chi connectivity index (χ0n) is 11.0. The fraction of sp³-hybridized carbons (Fsp3) is 0.188. The van der Waals surface area contributed by atoms with Crippen molar-refractivity contribution in [1.29, 1.82) is 5.26 Å². The summed E-state index contributed by atoms with van der Waals surface area (Å²) in [6, 6.07) is 15.0. The molecule has 3 heteroatoms. The van der Waals surface area contributed by atoms with Crippen molar-refractivity contribution in [2.75, 3.05) is 6.61 Å². The largest absolute Gasteiger partial charge is 0.494 e. The Hall–Kier alpha value is -2.47. The van der Waals surface area contributed by atoms with Crippen LogP contribution in [0.3, 0.4) is 0 Å². The van der Waals surface area contributed by atoms with Gasteiger partial charge in [0.05, 0.1) is 12.2 Å². The maximum atomic E-state index is 9.08. The summed E-state index contributed by atoms with van der Waals surface area (Å²) < 4.78 is 11.1. The predicted molar refractivity (Wildman–Crippen MR) is 73.6 cm³/mol. The molecule has 0 aliphatic rings. The van der Waals surface area contributed by atoms with Crippen LogP contribution in [0.15, 0.2) is 42.5 Å². The van der Waals surface area contributed by atoms with Crippen LogP contribution in [0, 0.1) is 18.3 Å². The minimum atomic E-state index is 0.536. The van der Waals surface area contributed by atoms with E-state index < -0.39 is 0 Å². The fourth-order valence-electron chi connectivity index (χ4n) is 1.72. The van der Waals surface area contributed by atoms with Gasteiger partial charge in [0.15, 0.2) is 0 Å². The lowest BCUT2D eigenvalue weighted by Gasteiger charge is -2.09. The Balaban J connectivity index is 2.19. The average molecular weight is 253 g/mol. The van der Waals surface area contributed by atoms with Gasteiger partial charge in [-0.25, -0.2) is 0 Å². The number of hydrogen-bond donors (Lipinski definition) is 0. The molecule has 2 rings (SSSR count). The van der Waals surface area contributed by atoms with Gasteiger partial charge in [0.2, 0.25) is 0 Å². The molecule has 0 spiro atoms. The summed E-state index contributed by atoms with van der Waals surface area (Å²) in [5.74, 6) is 2.06. The Morgan fingerprint density at radius 1 is 1.05 bits per heavy atom. The van der Waals surface area contributed by atoms with Crippen LogP contribution in [0.4, 0.5) is 0 Å². The summed E-state index contributed by atoms with van der Waals surface area (Å²) in [5.41, 5.74) is 1.57. The van der Waals surface area contributed by atoms with Gasteiger partial charge < -0.3 is 9.47 Å². The van der Waals surface area contributed by atoms with Crippen molar-refractivity contribution in [3.05, 3.63) is 53.6 Å². The Bertz CT molecular complexity index is 597. The molecule has 0 aliphatic carbocycles. The van der Waals surface area contributed by atoms with Crippen molar-refractivity contribution in [3.63, 3.8) is 0 Å². The molecule has 0 radical (unpaired) electrons. The van der Waals surface area contributed by atoms with E-state index >= 15 is 0 Å². The van der Waals surface area contributed by atoms with Gasteiger partial charge in [0, 0.05) is 0 Å². The maximum Gasteiger partial charge on any atom is 0.145 e. The number of rotatable bonds is 4. The Morgan fingerprint density at radius 3 is 2.37 bits per heavy atom. The van der Waals surface area contributed by atoms with E-state index in [-0.39, 0.29) is 0 Å². The van der Waals surface area contributed by atoms with E-state index in [1.165, 1.54) is 0 Å².